The van der Waals surface area contributed by atoms with Crippen LogP contribution in [0.5, 0.6) is 0 Å². The quantitative estimate of drug-likeness (QED) is 0.238. The van der Waals surface area contributed by atoms with Gasteiger partial charge in [0.25, 0.3) is 0 Å². The minimum atomic E-state index is -0.264. The zero-order chi connectivity index (χ0) is 22.5. The summed E-state index contributed by atoms with van der Waals surface area (Å²) >= 11 is 1.52. The summed E-state index contributed by atoms with van der Waals surface area (Å²) in [6.07, 6.45) is 4.87. The van der Waals surface area contributed by atoms with E-state index in [0.29, 0.717) is 5.56 Å². The first-order valence-electron chi connectivity index (χ1n) is 10.4. The lowest BCUT2D eigenvalue weighted by Crippen LogP contribution is -1.84. The van der Waals surface area contributed by atoms with E-state index >= 15 is 0 Å². The number of para-hydroxylation sites is 1. The first-order chi connectivity index (χ1) is 15.2. The van der Waals surface area contributed by atoms with Crippen molar-refractivity contribution >= 4 is 22.7 Å². The second kappa shape index (κ2) is 13.3. The number of rotatable bonds is 2. The highest BCUT2D eigenvalue weighted by Gasteiger charge is 2.00. The van der Waals surface area contributed by atoms with Crippen LogP contribution < -0.4 is 0 Å². The molecule has 4 rings (SSSR count). The Kier molecular flexibility index (Phi) is 10.3. The monoisotopic (exact) mass is 429 g/mol. The van der Waals surface area contributed by atoms with E-state index in [0.717, 1.165) is 22.4 Å². The number of fused-ring (bicyclic) bond motifs is 1. The number of benzene rings is 3. The van der Waals surface area contributed by atoms with Crippen LogP contribution in [0, 0.1) is 17.7 Å². The number of hydrogen-bond donors (Lipinski definition) is 0. The fraction of sp³-hybridized carbons (Fsp3) is 0.179. The van der Waals surface area contributed by atoms with Gasteiger partial charge in [-0.1, -0.05) is 69.0 Å². The molecule has 1 aromatic heterocycles. The number of pyridine rings is 1. The summed E-state index contributed by atoms with van der Waals surface area (Å²) in [6, 6.07) is 25.0. The topological polar surface area (TPSA) is 12.9 Å². The summed E-state index contributed by atoms with van der Waals surface area (Å²) in [5.41, 5.74) is 3.80. The van der Waals surface area contributed by atoms with Gasteiger partial charge in [-0.3, -0.25) is 4.98 Å². The average Bonchev–Trinajstić information content (AvgIpc) is 2.85. The minimum absolute atomic E-state index is 0.264. The van der Waals surface area contributed by atoms with Crippen LogP contribution in [0.25, 0.3) is 10.9 Å². The van der Waals surface area contributed by atoms with Gasteiger partial charge < -0.3 is 0 Å². The van der Waals surface area contributed by atoms with E-state index in [9.17, 15) is 4.39 Å². The number of halogens is 1. The Bertz CT molecular complexity index is 1140. The van der Waals surface area contributed by atoms with E-state index < -0.39 is 0 Å². The zero-order valence-electron chi connectivity index (χ0n) is 18.5. The molecule has 0 atom stereocenters. The van der Waals surface area contributed by atoms with E-state index in [1.807, 2.05) is 68.8 Å². The van der Waals surface area contributed by atoms with Crippen molar-refractivity contribution in [2.75, 3.05) is 6.26 Å². The third-order valence-electron chi connectivity index (χ3n) is 4.41. The molecule has 0 aliphatic rings. The number of hydrogen-bond acceptors (Lipinski definition) is 2. The molecule has 0 saturated carbocycles. The summed E-state index contributed by atoms with van der Waals surface area (Å²) < 4.78 is 13.6. The first-order valence-corrected chi connectivity index (χ1v) is 11.7. The van der Waals surface area contributed by atoms with Crippen molar-refractivity contribution in [1.29, 1.82) is 0 Å². The van der Waals surface area contributed by atoms with E-state index in [4.69, 9.17) is 0 Å². The van der Waals surface area contributed by atoms with Crippen LogP contribution in [0.1, 0.15) is 37.5 Å². The summed E-state index contributed by atoms with van der Waals surface area (Å²) in [6.45, 7) is 6.17. The van der Waals surface area contributed by atoms with Gasteiger partial charge in [-0.25, -0.2) is 4.39 Å². The first kappa shape index (κ1) is 24.2. The van der Waals surface area contributed by atoms with Gasteiger partial charge in [0.15, 0.2) is 0 Å². The highest BCUT2D eigenvalue weighted by atomic mass is 32.2. The lowest BCUT2D eigenvalue weighted by molar-refractivity contribution is 0.621. The van der Waals surface area contributed by atoms with Crippen molar-refractivity contribution in [3.8, 4) is 11.8 Å². The predicted octanol–water partition coefficient (Wildman–Crippen LogP) is 7.77. The molecule has 4 aromatic rings. The molecule has 0 saturated heterocycles. The Morgan fingerprint density at radius 2 is 1.58 bits per heavy atom. The maximum atomic E-state index is 13.6. The molecule has 0 bridgehead atoms. The SMILES string of the molecule is CC.CCc1ccnc2ccccc12.CSc1ccc(C#Cc2ccccc2)c(F)c1. The molecular formula is C28H28FNS. The van der Waals surface area contributed by atoms with Crippen molar-refractivity contribution in [2.24, 2.45) is 0 Å². The summed E-state index contributed by atoms with van der Waals surface area (Å²) in [7, 11) is 0. The van der Waals surface area contributed by atoms with Gasteiger partial charge in [-0.05, 0) is 60.7 Å². The summed E-state index contributed by atoms with van der Waals surface area (Å²) in [4.78, 5) is 5.20. The zero-order valence-corrected chi connectivity index (χ0v) is 19.3. The summed E-state index contributed by atoms with van der Waals surface area (Å²) in [5, 5.41) is 1.28. The van der Waals surface area contributed by atoms with Gasteiger partial charge in [-0.2, -0.15) is 0 Å². The highest BCUT2D eigenvalue weighted by molar-refractivity contribution is 7.98. The molecule has 0 radical (unpaired) electrons. The van der Waals surface area contributed by atoms with Crippen LogP contribution >= 0.6 is 11.8 Å². The maximum Gasteiger partial charge on any atom is 0.139 e. The molecule has 0 spiro atoms. The molecule has 0 amide bonds. The molecule has 3 heteroatoms. The minimum Gasteiger partial charge on any atom is -0.256 e. The second-order valence-corrected chi connectivity index (χ2v) is 7.18. The van der Waals surface area contributed by atoms with Crippen LogP contribution in [0.15, 0.2) is 90.0 Å². The van der Waals surface area contributed by atoms with Crippen LogP contribution in [0.2, 0.25) is 0 Å². The van der Waals surface area contributed by atoms with Gasteiger partial charge in [0.2, 0.25) is 0 Å². The maximum absolute atomic E-state index is 13.6. The smallest absolute Gasteiger partial charge is 0.139 e. The molecule has 0 aliphatic carbocycles. The molecular weight excluding hydrogens is 401 g/mol. The van der Waals surface area contributed by atoms with Gasteiger partial charge in [0.05, 0.1) is 11.1 Å². The number of nitrogens with zero attached hydrogens (tertiary/aromatic N) is 1. The predicted molar refractivity (Wildman–Crippen MR) is 133 cm³/mol. The Labute approximate surface area is 189 Å². The van der Waals surface area contributed by atoms with E-state index in [2.05, 4.69) is 48.0 Å². The molecule has 1 nitrogen and oxygen atoms in total. The Hall–Kier alpha value is -3.09. The molecule has 1 heterocycles. The van der Waals surface area contributed by atoms with E-state index in [1.54, 1.807) is 6.07 Å². The number of thioether (sulfide) groups is 1. The molecule has 31 heavy (non-hydrogen) atoms. The van der Waals surface area contributed by atoms with Gasteiger partial charge >= 0.3 is 0 Å². The van der Waals surface area contributed by atoms with Gasteiger partial charge in [0.1, 0.15) is 5.82 Å². The third-order valence-corrected chi connectivity index (χ3v) is 5.14. The molecule has 0 unspecified atom stereocenters. The van der Waals surface area contributed by atoms with Crippen LogP contribution in [0.3, 0.4) is 0 Å². The van der Waals surface area contributed by atoms with Crippen molar-refractivity contribution in [3.05, 3.63) is 108 Å². The number of aryl methyl sites for hydroxylation is 1. The molecule has 0 N–H and O–H groups in total. The highest BCUT2D eigenvalue weighted by Crippen LogP contribution is 2.18. The van der Waals surface area contributed by atoms with Crippen LogP contribution in [-0.2, 0) is 6.42 Å². The normalized spacial score (nSPS) is 9.45. The number of aromatic nitrogens is 1. The molecule has 0 aliphatic heterocycles. The van der Waals surface area contributed by atoms with Crippen molar-refractivity contribution in [1.82, 2.24) is 4.98 Å². The van der Waals surface area contributed by atoms with E-state index in [1.165, 1.54) is 28.8 Å². The fourth-order valence-corrected chi connectivity index (χ4v) is 3.27. The fourth-order valence-electron chi connectivity index (χ4n) is 2.85. The Morgan fingerprint density at radius 1 is 0.871 bits per heavy atom. The summed E-state index contributed by atoms with van der Waals surface area (Å²) in [5.74, 6) is 5.53. The van der Waals surface area contributed by atoms with Crippen molar-refractivity contribution < 1.29 is 4.39 Å². The second-order valence-electron chi connectivity index (χ2n) is 6.30. The lowest BCUT2D eigenvalue weighted by atomic mass is 10.1. The molecule has 3 aromatic carbocycles. The largest absolute Gasteiger partial charge is 0.256 e. The molecule has 158 valence electrons. The van der Waals surface area contributed by atoms with Crippen molar-refractivity contribution in [2.45, 2.75) is 32.1 Å². The van der Waals surface area contributed by atoms with Crippen LogP contribution in [0.4, 0.5) is 4.39 Å². The van der Waals surface area contributed by atoms with Gasteiger partial charge in [0, 0.05) is 22.0 Å². The Balaban J connectivity index is 0.000000214. The third kappa shape index (κ3) is 7.27. The molecule has 0 fully saturated rings. The lowest BCUT2D eigenvalue weighted by Gasteiger charge is -2.01. The standard InChI is InChI=1S/C15H11FS.C11H11N.C2H6/c1-17-14-10-9-13(15(16)11-14)8-7-12-5-3-2-4-6-12;1-2-9-7-8-12-11-6-4-3-5-10(9)11;1-2/h2-6,9-11H,1H3;3-8H,2H2,1H3;1-2H3. The van der Waals surface area contributed by atoms with Crippen LogP contribution in [-0.4, -0.2) is 11.2 Å². The average molecular weight is 430 g/mol. The van der Waals surface area contributed by atoms with Crippen molar-refractivity contribution in [3.63, 3.8) is 0 Å². The Morgan fingerprint density at radius 3 is 2.26 bits per heavy atom. The van der Waals surface area contributed by atoms with Gasteiger partial charge in [-0.15, -0.1) is 11.8 Å². The van der Waals surface area contributed by atoms with E-state index in [-0.39, 0.29) is 5.82 Å².